The van der Waals surface area contributed by atoms with E-state index >= 15 is 0 Å². The van der Waals surface area contributed by atoms with E-state index in [1.807, 2.05) is 0 Å². The van der Waals surface area contributed by atoms with Crippen LogP contribution in [0.15, 0.2) is 0 Å². The second-order valence-corrected chi connectivity index (χ2v) is 4.59. The van der Waals surface area contributed by atoms with Crippen LogP contribution in [0.4, 0.5) is 0 Å². The van der Waals surface area contributed by atoms with Crippen LogP contribution < -0.4 is 5.32 Å². The van der Waals surface area contributed by atoms with Crippen LogP contribution in [0.25, 0.3) is 0 Å². The fraction of sp³-hybridized carbons (Fsp3) is 1.00. The van der Waals surface area contributed by atoms with Gasteiger partial charge in [-0.25, -0.2) is 0 Å². The lowest BCUT2D eigenvalue weighted by atomic mass is 10.0. The molecule has 0 amide bonds. The van der Waals surface area contributed by atoms with Crippen molar-refractivity contribution in [1.82, 2.24) is 5.32 Å². The maximum atomic E-state index is 3.67. The molecule has 0 saturated heterocycles. The van der Waals surface area contributed by atoms with E-state index < -0.39 is 0 Å². The predicted molar refractivity (Wildman–Crippen MR) is 49.6 cm³/mol. The molecular formula is C10H21N. The van der Waals surface area contributed by atoms with Crippen LogP contribution in [-0.4, -0.2) is 12.1 Å². The van der Waals surface area contributed by atoms with Crippen molar-refractivity contribution < 1.29 is 0 Å². The first-order valence-electron chi connectivity index (χ1n) is 4.82. The normalized spacial score (nSPS) is 21.3. The van der Waals surface area contributed by atoms with E-state index in [4.69, 9.17) is 0 Å². The van der Waals surface area contributed by atoms with Crippen molar-refractivity contribution in [3.8, 4) is 0 Å². The summed E-state index contributed by atoms with van der Waals surface area (Å²) in [5.74, 6) is 1.59. The predicted octanol–water partition coefficient (Wildman–Crippen LogP) is 2.42. The monoisotopic (exact) mass is 155 g/mol. The highest BCUT2D eigenvalue weighted by molar-refractivity contribution is 5.04. The van der Waals surface area contributed by atoms with E-state index in [-0.39, 0.29) is 0 Å². The molecule has 0 unspecified atom stereocenters. The average Bonchev–Trinajstić information content (AvgIpc) is 2.63. The molecule has 0 spiro atoms. The van der Waals surface area contributed by atoms with Gasteiger partial charge in [-0.3, -0.25) is 0 Å². The number of hydrogen-bond acceptors (Lipinski definition) is 1. The largest absolute Gasteiger partial charge is 0.311 e. The summed E-state index contributed by atoms with van der Waals surface area (Å²) in [6, 6.07) is 0. The Morgan fingerprint density at radius 3 is 2.00 bits per heavy atom. The zero-order valence-corrected chi connectivity index (χ0v) is 8.28. The Balaban J connectivity index is 2.25. The number of rotatable bonds is 4. The Hall–Kier alpha value is -0.0400. The van der Waals surface area contributed by atoms with Crippen LogP contribution in [0, 0.1) is 11.8 Å². The second kappa shape index (κ2) is 3.14. The molecule has 0 atom stereocenters. The summed E-state index contributed by atoms with van der Waals surface area (Å²) in [5, 5.41) is 3.67. The maximum absolute atomic E-state index is 3.67. The minimum atomic E-state index is 0.532. The van der Waals surface area contributed by atoms with Crippen molar-refractivity contribution >= 4 is 0 Å². The van der Waals surface area contributed by atoms with Gasteiger partial charge >= 0.3 is 0 Å². The molecule has 0 heterocycles. The SMILES string of the molecule is CC(C)CNC1(C(C)C)CC1. The lowest BCUT2D eigenvalue weighted by Gasteiger charge is -2.22. The highest BCUT2D eigenvalue weighted by Crippen LogP contribution is 2.41. The molecule has 0 aromatic carbocycles. The third kappa shape index (κ3) is 2.19. The third-order valence-electron chi connectivity index (χ3n) is 2.76. The summed E-state index contributed by atoms with van der Waals surface area (Å²) in [6.07, 6.45) is 2.77. The summed E-state index contributed by atoms with van der Waals surface area (Å²) >= 11 is 0. The molecule has 1 aliphatic rings. The quantitative estimate of drug-likeness (QED) is 0.657. The Kier molecular flexibility index (Phi) is 2.58. The first kappa shape index (κ1) is 9.05. The van der Waals surface area contributed by atoms with Crippen LogP contribution in [0.2, 0.25) is 0 Å². The van der Waals surface area contributed by atoms with Crippen molar-refractivity contribution in [2.45, 2.75) is 46.1 Å². The summed E-state index contributed by atoms with van der Waals surface area (Å²) in [5.41, 5.74) is 0.532. The van der Waals surface area contributed by atoms with E-state index in [9.17, 15) is 0 Å². The van der Waals surface area contributed by atoms with Crippen molar-refractivity contribution in [3.63, 3.8) is 0 Å². The Morgan fingerprint density at radius 2 is 1.73 bits per heavy atom. The zero-order valence-electron chi connectivity index (χ0n) is 8.28. The van der Waals surface area contributed by atoms with Crippen molar-refractivity contribution in [3.05, 3.63) is 0 Å². The van der Waals surface area contributed by atoms with Gasteiger partial charge in [0, 0.05) is 5.54 Å². The van der Waals surface area contributed by atoms with Gasteiger partial charge in [0.1, 0.15) is 0 Å². The number of nitrogens with one attached hydrogen (secondary N) is 1. The van der Waals surface area contributed by atoms with Crippen LogP contribution in [0.1, 0.15) is 40.5 Å². The van der Waals surface area contributed by atoms with Crippen LogP contribution in [0.5, 0.6) is 0 Å². The topological polar surface area (TPSA) is 12.0 Å². The van der Waals surface area contributed by atoms with Gasteiger partial charge in [-0.1, -0.05) is 27.7 Å². The lowest BCUT2D eigenvalue weighted by Crippen LogP contribution is -2.38. The van der Waals surface area contributed by atoms with Crippen molar-refractivity contribution in [2.24, 2.45) is 11.8 Å². The summed E-state index contributed by atoms with van der Waals surface area (Å²) in [4.78, 5) is 0. The maximum Gasteiger partial charge on any atom is 0.0205 e. The van der Waals surface area contributed by atoms with E-state index in [2.05, 4.69) is 33.0 Å². The van der Waals surface area contributed by atoms with Crippen LogP contribution in [0.3, 0.4) is 0 Å². The fourth-order valence-corrected chi connectivity index (χ4v) is 1.50. The molecule has 66 valence electrons. The van der Waals surface area contributed by atoms with Gasteiger partial charge in [0.25, 0.3) is 0 Å². The highest BCUT2D eigenvalue weighted by Gasteiger charge is 2.44. The Labute approximate surface area is 70.6 Å². The molecule has 0 radical (unpaired) electrons. The standard InChI is InChI=1S/C10H21N/c1-8(2)7-11-10(5-6-10)9(3)4/h8-9,11H,5-7H2,1-4H3. The van der Waals surface area contributed by atoms with Gasteiger partial charge in [-0.05, 0) is 31.2 Å². The van der Waals surface area contributed by atoms with Gasteiger partial charge in [0.2, 0.25) is 0 Å². The molecule has 1 rings (SSSR count). The molecule has 0 aromatic rings. The summed E-state index contributed by atoms with van der Waals surface area (Å²) in [6.45, 7) is 10.4. The molecule has 1 aliphatic carbocycles. The second-order valence-electron chi connectivity index (χ2n) is 4.59. The smallest absolute Gasteiger partial charge is 0.0205 e. The molecule has 1 saturated carbocycles. The van der Waals surface area contributed by atoms with E-state index in [0.29, 0.717) is 5.54 Å². The van der Waals surface area contributed by atoms with Crippen molar-refractivity contribution in [1.29, 1.82) is 0 Å². The van der Waals surface area contributed by atoms with Crippen molar-refractivity contribution in [2.75, 3.05) is 6.54 Å². The van der Waals surface area contributed by atoms with Gasteiger partial charge in [0.15, 0.2) is 0 Å². The first-order valence-corrected chi connectivity index (χ1v) is 4.82. The lowest BCUT2D eigenvalue weighted by molar-refractivity contribution is 0.358. The molecule has 1 N–H and O–H groups in total. The van der Waals surface area contributed by atoms with Gasteiger partial charge in [-0.2, -0.15) is 0 Å². The molecule has 0 aromatic heterocycles. The van der Waals surface area contributed by atoms with E-state index in [0.717, 1.165) is 11.8 Å². The molecule has 1 fully saturated rings. The fourth-order valence-electron chi connectivity index (χ4n) is 1.50. The molecule has 0 bridgehead atoms. The summed E-state index contributed by atoms with van der Waals surface area (Å²) in [7, 11) is 0. The van der Waals surface area contributed by atoms with Gasteiger partial charge < -0.3 is 5.32 Å². The molecule has 0 aliphatic heterocycles. The minimum absolute atomic E-state index is 0.532. The Bertz CT molecular complexity index is 123. The average molecular weight is 155 g/mol. The molecular weight excluding hydrogens is 134 g/mol. The van der Waals surface area contributed by atoms with Crippen LogP contribution >= 0.6 is 0 Å². The third-order valence-corrected chi connectivity index (χ3v) is 2.76. The van der Waals surface area contributed by atoms with Crippen LogP contribution in [-0.2, 0) is 0 Å². The number of hydrogen-bond donors (Lipinski definition) is 1. The first-order chi connectivity index (χ1) is 5.07. The van der Waals surface area contributed by atoms with Gasteiger partial charge in [-0.15, -0.1) is 0 Å². The van der Waals surface area contributed by atoms with Gasteiger partial charge in [0.05, 0.1) is 0 Å². The molecule has 11 heavy (non-hydrogen) atoms. The zero-order chi connectivity index (χ0) is 8.48. The molecule has 1 heteroatoms. The van der Waals surface area contributed by atoms with E-state index in [1.54, 1.807) is 0 Å². The highest BCUT2D eigenvalue weighted by atomic mass is 15.0. The Morgan fingerprint density at radius 1 is 1.18 bits per heavy atom. The summed E-state index contributed by atoms with van der Waals surface area (Å²) < 4.78 is 0. The van der Waals surface area contributed by atoms with E-state index in [1.165, 1.54) is 19.4 Å². The minimum Gasteiger partial charge on any atom is -0.311 e. The molecule has 1 nitrogen and oxygen atoms in total.